The SMILES string of the molecule is Nc1ccc2c(c1)OC[C@@H](N[C@H]1CC[C@@H](C(=O)O)CC1)[C@H]2O. The molecule has 1 aromatic rings. The third kappa shape index (κ3) is 3.03. The normalized spacial score (nSPS) is 31.1. The molecular weight excluding hydrogens is 284 g/mol. The predicted octanol–water partition coefficient (Wildman–Crippen LogP) is 1.30. The average molecular weight is 306 g/mol. The van der Waals surface area contributed by atoms with E-state index < -0.39 is 12.1 Å². The first-order valence-electron chi connectivity index (χ1n) is 7.73. The van der Waals surface area contributed by atoms with Crippen molar-refractivity contribution in [3.8, 4) is 5.75 Å². The molecule has 5 N–H and O–H groups in total. The van der Waals surface area contributed by atoms with Crippen LogP contribution in [0.25, 0.3) is 0 Å². The van der Waals surface area contributed by atoms with E-state index in [1.807, 2.05) is 0 Å². The van der Waals surface area contributed by atoms with Crippen LogP contribution in [0.2, 0.25) is 0 Å². The topological polar surface area (TPSA) is 105 Å². The maximum atomic E-state index is 11.0. The van der Waals surface area contributed by atoms with Gasteiger partial charge in [-0.3, -0.25) is 4.79 Å². The zero-order valence-corrected chi connectivity index (χ0v) is 12.4. The van der Waals surface area contributed by atoms with Gasteiger partial charge < -0.3 is 26.0 Å². The fourth-order valence-corrected chi connectivity index (χ4v) is 3.36. The van der Waals surface area contributed by atoms with Crippen LogP contribution in [0.5, 0.6) is 5.75 Å². The lowest BCUT2D eigenvalue weighted by molar-refractivity contribution is -0.142. The number of carboxylic acids is 1. The number of hydrogen-bond donors (Lipinski definition) is 4. The molecule has 6 nitrogen and oxygen atoms in total. The van der Waals surface area contributed by atoms with E-state index in [0.29, 0.717) is 30.9 Å². The van der Waals surface area contributed by atoms with Gasteiger partial charge in [-0.2, -0.15) is 0 Å². The smallest absolute Gasteiger partial charge is 0.306 e. The van der Waals surface area contributed by atoms with Crippen LogP contribution in [0.1, 0.15) is 37.4 Å². The zero-order valence-electron chi connectivity index (χ0n) is 12.4. The Morgan fingerprint density at radius 2 is 2.00 bits per heavy atom. The molecule has 1 fully saturated rings. The van der Waals surface area contributed by atoms with Crippen molar-refractivity contribution in [2.45, 2.75) is 43.9 Å². The summed E-state index contributed by atoms with van der Waals surface area (Å²) in [6.07, 6.45) is 2.36. The van der Waals surface area contributed by atoms with Gasteiger partial charge in [-0.25, -0.2) is 0 Å². The third-order valence-corrected chi connectivity index (χ3v) is 4.68. The van der Waals surface area contributed by atoms with Crippen LogP contribution >= 0.6 is 0 Å². The largest absolute Gasteiger partial charge is 0.491 e. The Kier molecular flexibility index (Phi) is 4.22. The molecule has 0 bridgehead atoms. The number of hydrogen-bond acceptors (Lipinski definition) is 5. The first-order valence-corrected chi connectivity index (χ1v) is 7.73. The van der Waals surface area contributed by atoms with Gasteiger partial charge in [0.25, 0.3) is 0 Å². The van der Waals surface area contributed by atoms with Gasteiger partial charge in [-0.05, 0) is 31.7 Å². The first-order chi connectivity index (χ1) is 10.5. The van der Waals surface area contributed by atoms with E-state index in [-0.39, 0.29) is 18.0 Å². The standard InChI is InChI=1S/C16H22N2O4/c17-10-3-6-12-14(7-10)22-8-13(15(12)19)18-11-4-1-9(2-5-11)16(20)21/h3,6-7,9,11,13,15,18-19H,1-2,4-5,8,17H2,(H,20,21)/t9-,11+,13-,15+/m1/s1. The van der Waals surface area contributed by atoms with Crippen LogP contribution in [-0.4, -0.2) is 34.9 Å². The van der Waals surface area contributed by atoms with Gasteiger partial charge in [0.15, 0.2) is 0 Å². The highest BCUT2D eigenvalue weighted by Gasteiger charge is 2.33. The summed E-state index contributed by atoms with van der Waals surface area (Å²) >= 11 is 0. The predicted molar refractivity (Wildman–Crippen MR) is 81.6 cm³/mol. The zero-order chi connectivity index (χ0) is 15.7. The molecule has 1 aliphatic carbocycles. The molecule has 1 heterocycles. The van der Waals surface area contributed by atoms with Crippen LogP contribution in [0.15, 0.2) is 18.2 Å². The highest BCUT2D eigenvalue weighted by atomic mass is 16.5. The van der Waals surface area contributed by atoms with Gasteiger partial charge in [0.2, 0.25) is 0 Å². The number of anilines is 1. The van der Waals surface area contributed by atoms with Gasteiger partial charge in [0.05, 0.1) is 12.0 Å². The van der Waals surface area contributed by atoms with Gasteiger partial charge in [-0.1, -0.05) is 6.07 Å². The summed E-state index contributed by atoms with van der Waals surface area (Å²) in [5, 5.41) is 23.0. The molecule has 1 aliphatic heterocycles. The van der Waals surface area contributed by atoms with Crippen molar-refractivity contribution in [3.63, 3.8) is 0 Å². The summed E-state index contributed by atoms with van der Waals surface area (Å²) in [6.45, 7) is 0.385. The Balaban J connectivity index is 1.60. The summed E-state index contributed by atoms with van der Waals surface area (Å²) in [5.41, 5.74) is 7.09. The van der Waals surface area contributed by atoms with Gasteiger partial charge in [0, 0.05) is 23.4 Å². The molecule has 1 saturated carbocycles. The van der Waals surface area contributed by atoms with Crippen LogP contribution in [-0.2, 0) is 4.79 Å². The Labute approximate surface area is 129 Å². The number of nitrogens with one attached hydrogen (secondary N) is 1. The summed E-state index contributed by atoms with van der Waals surface area (Å²) in [7, 11) is 0. The minimum atomic E-state index is -0.703. The molecule has 3 rings (SSSR count). The fourth-order valence-electron chi connectivity index (χ4n) is 3.36. The second kappa shape index (κ2) is 6.14. The van der Waals surface area contributed by atoms with Gasteiger partial charge >= 0.3 is 5.97 Å². The summed E-state index contributed by atoms with van der Waals surface area (Å²) in [5.74, 6) is -0.291. The quantitative estimate of drug-likeness (QED) is 0.627. The number of aliphatic carboxylic acids is 1. The van der Waals surface area contributed by atoms with Crippen molar-refractivity contribution in [1.82, 2.24) is 5.32 Å². The van der Waals surface area contributed by atoms with Crippen LogP contribution in [0, 0.1) is 5.92 Å². The first kappa shape index (κ1) is 15.1. The Bertz CT molecular complexity index is 555. The maximum Gasteiger partial charge on any atom is 0.306 e. The number of carbonyl (C=O) groups is 1. The van der Waals surface area contributed by atoms with E-state index in [1.165, 1.54) is 0 Å². The molecule has 0 spiro atoms. The van der Waals surface area contributed by atoms with Crippen molar-refractivity contribution in [2.24, 2.45) is 5.92 Å². The van der Waals surface area contributed by atoms with E-state index in [2.05, 4.69) is 5.32 Å². The minimum absolute atomic E-state index is 0.178. The highest BCUT2D eigenvalue weighted by Crippen LogP contribution is 2.34. The summed E-state index contributed by atoms with van der Waals surface area (Å²) < 4.78 is 5.69. The Morgan fingerprint density at radius 3 is 2.68 bits per heavy atom. The van der Waals surface area contributed by atoms with Crippen LogP contribution in [0.3, 0.4) is 0 Å². The molecule has 0 aromatic heterocycles. The molecule has 2 atom stereocenters. The van der Waals surface area contributed by atoms with Crippen molar-refractivity contribution < 1.29 is 19.7 Å². The lowest BCUT2D eigenvalue weighted by Gasteiger charge is -2.36. The number of ether oxygens (including phenoxy) is 1. The van der Waals surface area contributed by atoms with Gasteiger partial charge in [0.1, 0.15) is 18.5 Å². The molecule has 2 aliphatic rings. The maximum absolute atomic E-state index is 11.0. The number of benzene rings is 1. The molecule has 6 heteroatoms. The molecule has 0 unspecified atom stereocenters. The number of nitrogen functional groups attached to an aromatic ring is 1. The fraction of sp³-hybridized carbons (Fsp3) is 0.562. The molecule has 1 aromatic carbocycles. The van der Waals surface area contributed by atoms with Crippen molar-refractivity contribution in [2.75, 3.05) is 12.3 Å². The van der Waals surface area contributed by atoms with Crippen LogP contribution in [0.4, 0.5) is 5.69 Å². The second-order valence-electron chi connectivity index (χ2n) is 6.21. The molecular formula is C16H22N2O4. The van der Waals surface area contributed by atoms with E-state index in [4.69, 9.17) is 15.6 Å². The lowest BCUT2D eigenvalue weighted by Crippen LogP contribution is -2.48. The molecule has 120 valence electrons. The minimum Gasteiger partial charge on any atom is -0.491 e. The average Bonchev–Trinajstić information content (AvgIpc) is 2.50. The molecule has 22 heavy (non-hydrogen) atoms. The monoisotopic (exact) mass is 306 g/mol. The summed E-state index contributed by atoms with van der Waals surface area (Å²) in [6, 6.07) is 5.33. The summed E-state index contributed by atoms with van der Waals surface area (Å²) in [4.78, 5) is 11.0. The molecule has 0 amide bonds. The van der Waals surface area contributed by atoms with Gasteiger partial charge in [-0.15, -0.1) is 0 Å². The van der Waals surface area contributed by atoms with E-state index in [9.17, 15) is 9.90 Å². The van der Waals surface area contributed by atoms with Crippen LogP contribution < -0.4 is 15.8 Å². The number of aliphatic hydroxyl groups excluding tert-OH is 1. The number of nitrogens with two attached hydrogens (primary N) is 1. The highest BCUT2D eigenvalue weighted by molar-refractivity contribution is 5.70. The molecule has 0 saturated heterocycles. The van der Waals surface area contributed by atoms with Crippen molar-refractivity contribution >= 4 is 11.7 Å². The van der Waals surface area contributed by atoms with E-state index in [1.54, 1.807) is 18.2 Å². The second-order valence-corrected chi connectivity index (χ2v) is 6.21. The Morgan fingerprint density at radius 1 is 1.27 bits per heavy atom. The van der Waals surface area contributed by atoms with Crippen molar-refractivity contribution in [1.29, 1.82) is 0 Å². The lowest BCUT2D eigenvalue weighted by atomic mass is 9.85. The van der Waals surface area contributed by atoms with Crippen molar-refractivity contribution in [3.05, 3.63) is 23.8 Å². The number of aliphatic hydroxyl groups is 1. The number of rotatable bonds is 3. The Hall–Kier alpha value is -1.79. The number of fused-ring (bicyclic) bond motifs is 1. The molecule has 0 radical (unpaired) electrons. The van der Waals surface area contributed by atoms with E-state index >= 15 is 0 Å². The third-order valence-electron chi connectivity index (χ3n) is 4.68. The van der Waals surface area contributed by atoms with E-state index in [0.717, 1.165) is 18.4 Å². The number of carboxylic acid groups (broad SMARTS) is 1.